The van der Waals surface area contributed by atoms with Gasteiger partial charge in [-0.2, -0.15) is 0 Å². The predicted molar refractivity (Wildman–Crippen MR) is 135 cm³/mol. The summed E-state index contributed by atoms with van der Waals surface area (Å²) < 4.78 is 14.8. The Balaban J connectivity index is 1.49. The van der Waals surface area contributed by atoms with Crippen LogP contribution in [-0.2, 0) is 0 Å². The minimum Gasteiger partial charge on any atom is -0.365 e. The van der Waals surface area contributed by atoms with Crippen molar-refractivity contribution < 1.29 is 9.18 Å². The lowest BCUT2D eigenvalue weighted by Gasteiger charge is -2.30. The molecule has 1 fully saturated rings. The van der Waals surface area contributed by atoms with Crippen molar-refractivity contribution in [1.82, 2.24) is 15.0 Å². The molecule has 1 amide bonds. The summed E-state index contributed by atoms with van der Waals surface area (Å²) in [6.07, 6.45) is 8.84. The fourth-order valence-corrected chi connectivity index (χ4v) is 4.52. The largest absolute Gasteiger partial charge is 0.365 e. The van der Waals surface area contributed by atoms with E-state index >= 15 is 0 Å². The minimum absolute atomic E-state index is 0.0298. The van der Waals surface area contributed by atoms with Crippen molar-refractivity contribution >= 4 is 34.1 Å². The van der Waals surface area contributed by atoms with Crippen LogP contribution in [0.5, 0.6) is 0 Å². The molecule has 2 unspecified atom stereocenters. The summed E-state index contributed by atoms with van der Waals surface area (Å²) in [4.78, 5) is 25.3. The predicted octanol–water partition coefficient (Wildman–Crippen LogP) is 4.36. The first kappa shape index (κ1) is 22.7. The third-order valence-electron chi connectivity index (χ3n) is 6.33. The quantitative estimate of drug-likeness (QED) is 0.329. The highest BCUT2D eigenvalue weighted by Gasteiger charge is 2.24. The van der Waals surface area contributed by atoms with Crippen LogP contribution in [0.4, 0.5) is 21.7 Å². The topological polar surface area (TPSA) is 132 Å². The van der Waals surface area contributed by atoms with Gasteiger partial charge in [-0.15, -0.1) is 0 Å². The van der Waals surface area contributed by atoms with Gasteiger partial charge in [0.25, 0.3) is 5.91 Å². The van der Waals surface area contributed by atoms with Crippen LogP contribution >= 0.6 is 0 Å². The molecule has 3 aromatic heterocycles. The summed E-state index contributed by atoms with van der Waals surface area (Å²) in [7, 11) is 0. The number of fused-ring (bicyclic) bond motifs is 1. The number of anilines is 3. The van der Waals surface area contributed by atoms with E-state index in [0.29, 0.717) is 5.69 Å². The number of rotatable bonds is 6. The van der Waals surface area contributed by atoms with Crippen molar-refractivity contribution in [3.05, 3.63) is 72.4 Å². The molecular weight excluding hydrogens is 445 g/mol. The standard InChI is InChI=1S/C26H26FN7O/c27-20-12-19(24(29)35)25(34-26(20)33-22-9-2-1-8-21(22)28)32-17-11-16(13-30-14-17)18-7-3-5-15-6-4-10-31-23(15)18/h3-7,10-14,21-22H,1-2,8-9,28H2,(H2,29,35)(H2,32,33,34). The van der Waals surface area contributed by atoms with E-state index in [1.165, 1.54) is 0 Å². The molecule has 1 aliphatic carbocycles. The maximum Gasteiger partial charge on any atom is 0.252 e. The molecule has 178 valence electrons. The van der Waals surface area contributed by atoms with Crippen LogP contribution in [0.25, 0.3) is 22.0 Å². The molecule has 3 heterocycles. The zero-order valence-electron chi connectivity index (χ0n) is 19.0. The van der Waals surface area contributed by atoms with Gasteiger partial charge in [0.15, 0.2) is 11.6 Å². The van der Waals surface area contributed by atoms with Crippen molar-refractivity contribution in [2.75, 3.05) is 10.6 Å². The van der Waals surface area contributed by atoms with Crippen molar-refractivity contribution in [3.8, 4) is 11.1 Å². The normalized spacial score (nSPS) is 17.8. The number of benzene rings is 1. The van der Waals surface area contributed by atoms with Gasteiger partial charge in [-0.1, -0.05) is 37.1 Å². The third-order valence-corrected chi connectivity index (χ3v) is 6.33. The maximum absolute atomic E-state index is 14.8. The average Bonchev–Trinajstić information content (AvgIpc) is 2.87. The van der Waals surface area contributed by atoms with Crippen molar-refractivity contribution in [2.24, 2.45) is 11.5 Å². The second-order valence-electron chi connectivity index (χ2n) is 8.75. The molecule has 0 radical (unpaired) electrons. The molecule has 0 bridgehead atoms. The Bertz CT molecular complexity index is 1390. The fraction of sp³-hybridized carbons (Fsp3) is 0.231. The number of carbonyl (C=O) groups excluding carboxylic acids is 1. The lowest BCUT2D eigenvalue weighted by molar-refractivity contribution is 0.100. The molecule has 1 aromatic carbocycles. The number of hydrogen-bond acceptors (Lipinski definition) is 7. The zero-order chi connectivity index (χ0) is 24.4. The summed E-state index contributed by atoms with van der Waals surface area (Å²) in [5.41, 5.74) is 14.8. The van der Waals surface area contributed by atoms with Gasteiger partial charge in [-0.05, 0) is 31.0 Å². The van der Waals surface area contributed by atoms with Gasteiger partial charge in [0.2, 0.25) is 0 Å². The molecule has 4 aromatic rings. The van der Waals surface area contributed by atoms with E-state index in [1.807, 2.05) is 36.4 Å². The second-order valence-corrected chi connectivity index (χ2v) is 8.75. The molecule has 0 aliphatic heterocycles. The molecule has 1 saturated carbocycles. The summed E-state index contributed by atoms with van der Waals surface area (Å²) >= 11 is 0. The van der Waals surface area contributed by atoms with E-state index in [4.69, 9.17) is 11.5 Å². The van der Waals surface area contributed by atoms with Crippen LogP contribution in [0.1, 0.15) is 36.0 Å². The fourth-order valence-electron chi connectivity index (χ4n) is 4.52. The van der Waals surface area contributed by atoms with E-state index in [9.17, 15) is 9.18 Å². The number of primary amides is 1. The molecular formula is C26H26FN7O. The first-order valence-corrected chi connectivity index (χ1v) is 11.6. The Morgan fingerprint density at radius 1 is 1.06 bits per heavy atom. The van der Waals surface area contributed by atoms with Gasteiger partial charge < -0.3 is 22.1 Å². The lowest BCUT2D eigenvalue weighted by atomic mass is 9.91. The molecule has 0 saturated heterocycles. The highest BCUT2D eigenvalue weighted by Crippen LogP contribution is 2.30. The molecule has 1 aliphatic rings. The van der Waals surface area contributed by atoms with Gasteiger partial charge in [0.1, 0.15) is 5.82 Å². The van der Waals surface area contributed by atoms with Crippen LogP contribution in [0.3, 0.4) is 0 Å². The number of aromatic nitrogens is 3. The molecule has 0 spiro atoms. The van der Waals surface area contributed by atoms with Crippen molar-refractivity contribution in [3.63, 3.8) is 0 Å². The number of para-hydroxylation sites is 1. The van der Waals surface area contributed by atoms with E-state index in [2.05, 4.69) is 25.6 Å². The Labute approximate surface area is 202 Å². The Kier molecular flexibility index (Phi) is 6.24. The van der Waals surface area contributed by atoms with Gasteiger partial charge in [-0.3, -0.25) is 14.8 Å². The van der Waals surface area contributed by atoms with Crippen molar-refractivity contribution in [2.45, 2.75) is 37.8 Å². The molecule has 35 heavy (non-hydrogen) atoms. The Morgan fingerprint density at radius 2 is 1.89 bits per heavy atom. The van der Waals surface area contributed by atoms with Crippen LogP contribution in [0, 0.1) is 5.82 Å². The van der Waals surface area contributed by atoms with E-state index in [-0.39, 0.29) is 29.3 Å². The van der Waals surface area contributed by atoms with Crippen LogP contribution < -0.4 is 22.1 Å². The molecule has 9 heteroatoms. The molecule has 5 rings (SSSR count). The smallest absolute Gasteiger partial charge is 0.252 e. The number of pyridine rings is 3. The summed E-state index contributed by atoms with van der Waals surface area (Å²) in [5, 5.41) is 7.23. The third kappa shape index (κ3) is 4.76. The monoisotopic (exact) mass is 471 g/mol. The van der Waals surface area contributed by atoms with E-state index in [1.54, 1.807) is 18.6 Å². The number of nitrogens with one attached hydrogen (secondary N) is 2. The SMILES string of the molecule is NC(=O)c1cc(F)c(NC2CCCCC2N)nc1Nc1cncc(-c2cccc3cccnc23)c1. The number of nitrogens with two attached hydrogens (primary N) is 2. The zero-order valence-corrected chi connectivity index (χ0v) is 19.0. The lowest BCUT2D eigenvalue weighted by Crippen LogP contribution is -2.43. The Morgan fingerprint density at radius 3 is 2.71 bits per heavy atom. The van der Waals surface area contributed by atoms with Crippen molar-refractivity contribution in [1.29, 1.82) is 0 Å². The highest BCUT2D eigenvalue weighted by molar-refractivity contribution is 5.99. The van der Waals surface area contributed by atoms with Gasteiger partial charge >= 0.3 is 0 Å². The first-order chi connectivity index (χ1) is 17.0. The summed E-state index contributed by atoms with van der Waals surface area (Å²) in [6, 6.07) is 12.6. The van der Waals surface area contributed by atoms with E-state index < -0.39 is 11.7 Å². The molecule has 8 nitrogen and oxygen atoms in total. The van der Waals surface area contributed by atoms with Gasteiger partial charge in [0.05, 0.1) is 23.0 Å². The van der Waals surface area contributed by atoms with Crippen LogP contribution in [-0.4, -0.2) is 32.9 Å². The minimum atomic E-state index is -0.790. The van der Waals surface area contributed by atoms with Gasteiger partial charge in [-0.25, -0.2) is 9.37 Å². The number of hydrogen-bond donors (Lipinski definition) is 4. The van der Waals surface area contributed by atoms with Crippen LogP contribution in [0.2, 0.25) is 0 Å². The number of amides is 1. The summed E-state index contributed by atoms with van der Waals surface area (Å²) in [5.74, 6) is -1.28. The van der Waals surface area contributed by atoms with E-state index in [0.717, 1.165) is 53.8 Å². The summed E-state index contributed by atoms with van der Waals surface area (Å²) in [6.45, 7) is 0. The number of nitrogens with zero attached hydrogens (tertiary/aromatic N) is 3. The second kappa shape index (κ2) is 9.63. The van der Waals surface area contributed by atoms with Gasteiger partial charge in [0, 0.05) is 41.0 Å². The molecule has 2 atom stereocenters. The van der Waals surface area contributed by atoms with Crippen LogP contribution in [0.15, 0.2) is 61.1 Å². The molecule has 6 N–H and O–H groups in total. The Hall–Kier alpha value is -4.11. The maximum atomic E-state index is 14.8. The highest BCUT2D eigenvalue weighted by atomic mass is 19.1. The average molecular weight is 472 g/mol. The number of carbonyl (C=O) groups is 1. The number of halogens is 1. The first-order valence-electron chi connectivity index (χ1n) is 11.6.